The molecular formula is C21H20ClNO2. The molecule has 0 radical (unpaired) electrons. The zero-order chi connectivity index (χ0) is 17.1. The van der Waals surface area contributed by atoms with E-state index in [0.29, 0.717) is 29.2 Å². The van der Waals surface area contributed by atoms with E-state index >= 15 is 0 Å². The Morgan fingerprint density at radius 1 is 1.04 bits per heavy atom. The van der Waals surface area contributed by atoms with E-state index in [1.54, 1.807) is 6.07 Å². The Morgan fingerprint density at radius 2 is 1.80 bits per heavy atom. The molecule has 3 nitrogen and oxygen atoms in total. The van der Waals surface area contributed by atoms with Crippen LogP contribution >= 0.6 is 11.6 Å². The third-order valence-electron chi connectivity index (χ3n) is 6.59. The molecule has 2 saturated carbocycles. The summed E-state index contributed by atoms with van der Waals surface area (Å²) in [6, 6.07) is 13.8. The second kappa shape index (κ2) is 5.50. The summed E-state index contributed by atoms with van der Waals surface area (Å²) in [5, 5.41) is 14.0. The van der Waals surface area contributed by atoms with Gasteiger partial charge in [0, 0.05) is 5.02 Å². The molecule has 1 heterocycles. The Morgan fingerprint density at radius 3 is 2.60 bits per heavy atom. The van der Waals surface area contributed by atoms with Gasteiger partial charge in [0.2, 0.25) is 0 Å². The number of anilines is 1. The molecule has 0 spiro atoms. The zero-order valence-electron chi connectivity index (χ0n) is 13.8. The number of halogens is 1. The highest BCUT2D eigenvalue weighted by Gasteiger charge is 2.54. The van der Waals surface area contributed by atoms with Crippen molar-refractivity contribution in [3.8, 4) is 0 Å². The molecule has 0 saturated heterocycles. The highest BCUT2D eigenvalue weighted by atomic mass is 35.5. The summed E-state index contributed by atoms with van der Waals surface area (Å²) in [5.41, 5.74) is 3.46. The lowest BCUT2D eigenvalue weighted by Crippen LogP contribution is -2.36. The van der Waals surface area contributed by atoms with Gasteiger partial charge in [-0.3, -0.25) is 0 Å². The average molecular weight is 354 g/mol. The minimum Gasteiger partial charge on any atom is -0.478 e. The number of carboxylic acids is 1. The number of aromatic carboxylic acids is 1. The number of nitrogens with one attached hydrogen (secondary N) is 1. The highest BCUT2D eigenvalue weighted by molar-refractivity contribution is 6.31. The van der Waals surface area contributed by atoms with Crippen molar-refractivity contribution in [1.82, 2.24) is 0 Å². The van der Waals surface area contributed by atoms with Crippen molar-refractivity contribution >= 4 is 23.3 Å². The number of hydrogen-bond donors (Lipinski definition) is 2. The minimum atomic E-state index is -0.871. The topological polar surface area (TPSA) is 49.3 Å². The van der Waals surface area contributed by atoms with Crippen LogP contribution in [0.3, 0.4) is 0 Å². The van der Waals surface area contributed by atoms with Gasteiger partial charge in [0.15, 0.2) is 0 Å². The molecule has 2 aromatic carbocycles. The van der Waals surface area contributed by atoms with Gasteiger partial charge in [-0.05, 0) is 66.2 Å². The summed E-state index contributed by atoms with van der Waals surface area (Å²) in [6.45, 7) is 0. The second-order valence-corrected chi connectivity index (χ2v) is 8.06. The van der Waals surface area contributed by atoms with Crippen molar-refractivity contribution in [3.63, 3.8) is 0 Å². The van der Waals surface area contributed by atoms with Crippen LogP contribution < -0.4 is 5.32 Å². The molecule has 2 aliphatic carbocycles. The Hall–Kier alpha value is -2.00. The van der Waals surface area contributed by atoms with Gasteiger partial charge in [-0.1, -0.05) is 41.9 Å². The van der Waals surface area contributed by atoms with Crippen LogP contribution in [0.1, 0.15) is 52.7 Å². The van der Waals surface area contributed by atoms with E-state index in [1.807, 2.05) is 24.3 Å². The molecule has 3 aliphatic rings. The SMILES string of the molecule is O=C(O)c1cccc2c1N[C@H](c1ccccc1Cl)[C@@H]1[C@@H]3CC[C@@H](C3)[C@H]21. The minimum absolute atomic E-state index is 0.0852. The Balaban J connectivity index is 1.70. The van der Waals surface area contributed by atoms with Crippen LogP contribution in [0, 0.1) is 17.8 Å². The molecule has 128 valence electrons. The van der Waals surface area contributed by atoms with E-state index in [4.69, 9.17) is 11.6 Å². The molecule has 0 amide bonds. The predicted octanol–water partition coefficient (Wildman–Crippen LogP) is 5.33. The second-order valence-electron chi connectivity index (χ2n) is 7.65. The fourth-order valence-corrected chi connectivity index (χ4v) is 5.98. The quantitative estimate of drug-likeness (QED) is 0.766. The average Bonchev–Trinajstić information content (AvgIpc) is 3.23. The summed E-state index contributed by atoms with van der Waals surface area (Å²) in [5.74, 6) is 1.44. The largest absolute Gasteiger partial charge is 0.478 e. The number of hydrogen-bond acceptors (Lipinski definition) is 2. The molecule has 5 rings (SSSR count). The van der Waals surface area contributed by atoms with Crippen LogP contribution in [-0.4, -0.2) is 11.1 Å². The Labute approximate surface area is 152 Å². The number of fused-ring (bicyclic) bond motifs is 7. The van der Waals surface area contributed by atoms with Crippen molar-refractivity contribution in [3.05, 3.63) is 64.2 Å². The van der Waals surface area contributed by atoms with Crippen LogP contribution in [0.25, 0.3) is 0 Å². The van der Waals surface area contributed by atoms with Crippen LogP contribution in [0.15, 0.2) is 42.5 Å². The van der Waals surface area contributed by atoms with Crippen LogP contribution in [0.5, 0.6) is 0 Å². The molecule has 4 heteroatoms. The maximum Gasteiger partial charge on any atom is 0.337 e. The lowest BCUT2D eigenvalue weighted by atomic mass is 9.67. The Bertz CT molecular complexity index is 865. The zero-order valence-corrected chi connectivity index (χ0v) is 14.5. The molecule has 2 aromatic rings. The standard InChI is InChI=1S/C21H20ClNO2/c22-16-7-2-1-4-13(16)20-18-12-9-8-11(10-12)17(18)14-5-3-6-15(21(24)25)19(14)23-20/h1-7,11-12,17-18,20,23H,8-10H2,(H,24,25)/t11-,12+,17+,18+,20+/m0/s1. The maximum absolute atomic E-state index is 11.8. The molecule has 0 aromatic heterocycles. The molecule has 2 bridgehead atoms. The first-order valence-corrected chi connectivity index (χ1v) is 9.40. The van der Waals surface area contributed by atoms with E-state index in [0.717, 1.165) is 16.3 Å². The summed E-state index contributed by atoms with van der Waals surface area (Å²) < 4.78 is 0. The van der Waals surface area contributed by atoms with E-state index < -0.39 is 5.97 Å². The van der Waals surface area contributed by atoms with E-state index in [-0.39, 0.29) is 6.04 Å². The summed E-state index contributed by atoms with van der Waals surface area (Å²) >= 11 is 6.52. The first-order valence-electron chi connectivity index (χ1n) is 9.02. The van der Waals surface area contributed by atoms with E-state index in [9.17, 15) is 9.90 Å². The molecule has 2 N–H and O–H groups in total. The smallest absolute Gasteiger partial charge is 0.337 e. The number of benzene rings is 2. The van der Waals surface area contributed by atoms with Gasteiger partial charge in [-0.15, -0.1) is 0 Å². The van der Waals surface area contributed by atoms with Crippen LogP contribution in [0.4, 0.5) is 5.69 Å². The van der Waals surface area contributed by atoms with E-state index in [2.05, 4.69) is 17.4 Å². The first kappa shape index (κ1) is 15.3. The summed E-state index contributed by atoms with van der Waals surface area (Å²) in [7, 11) is 0. The van der Waals surface area contributed by atoms with E-state index in [1.165, 1.54) is 24.8 Å². The number of rotatable bonds is 2. The fourth-order valence-electron chi connectivity index (χ4n) is 5.73. The molecule has 5 atom stereocenters. The summed E-state index contributed by atoms with van der Waals surface area (Å²) in [4.78, 5) is 11.8. The monoisotopic (exact) mass is 353 g/mol. The third-order valence-corrected chi connectivity index (χ3v) is 6.94. The molecule has 25 heavy (non-hydrogen) atoms. The van der Waals surface area contributed by atoms with Crippen LogP contribution in [0.2, 0.25) is 5.02 Å². The molecular weight excluding hydrogens is 334 g/mol. The number of para-hydroxylation sites is 1. The van der Waals surface area contributed by atoms with Crippen molar-refractivity contribution in [2.24, 2.45) is 17.8 Å². The van der Waals surface area contributed by atoms with Crippen molar-refractivity contribution in [1.29, 1.82) is 0 Å². The number of carbonyl (C=O) groups is 1. The van der Waals surface area contributed by atoms with Gasteiger partial charge >= 0.3 is 5.97 Å². The van der Waals surface area contributed by atoms with Crippen LogP contribution in [-0.2, 0) is 0 Å². The van der Waals surface area contributed by atoms with Crippen molar-refractivity contribution in [2.45, 2.75) is 31.2 Å². The van der Waals surface area contributed by atoms with Gasteiger partial charge in [-0.25, -0.2) is 4.79 Å². The molecule has 1 aliphatic heterocycles. The normalized spacial score (nSPS) is 32.0. The number of carboxylic acid groups (broad SMARTS) is 1. The lowest BCUT2D eigenvalue weighted by molar-refractivity contribution is 0.0697. The highest BCUT2D eigenvalue weighted by Crippen LogP contribution is 2.64. The van der Waals surface area contributed by atoms with Gasteiger partial charge < -0.3 is 10.4 Å². The predicted molar refractivity (Wildman–Crippen MR) is 98.3 cm³/mol. The van der Waals surface area contributed by atoms with Crippen molar-refractivity contribution < 1.29 is 9.90 Å². The van der Waals surface area contributed by atoms with Gasteiger partial charge in [0.25, 0.3) is 0 Å². The third kappa shape index (κ3) is 2.15. The Kier molecular flexibility index (Phi) is 3.36. The lowest BCUT2D eigenvalue weighted by Gasteiger charge is -2.44. The van der Waals surface area contributed by atoms with Gasteiger partial charge in [0.05, 0.1) is 17.3 Å². The van der Waals surface area contributed by atoms with Gasteiger partial charge in [0.1, 0.15) is 0 Å². The molecule has 0 unspecified atom stereocenters. The molecule has 2 fully saturated rings. The summed E-state index contributed by atoms with van der Waals surface area (Å²) in [6.07, 6.45) is 3.80. The van der Waals surface area contributed by atoms with Gasteiger partial charge in [-0.2, -0.15) is 0 Å². The fraction of sp³-hybridized carbons (Fsp3) is 0.381. The van der Waals surface area contributed by atoms with Crippen molar-refractivity contribution in [2.75, 3.05) is 5.32 Å². The maximum atomic E-state index is 11.8. The first-order chi connectivity index (χ1) is 12.1.